The van der Waals surface area contributed by atoms with Gasteiger partial charge in [0.25, 0.3) is 12.4 Å². The van der Waals surface area contributed by atoms with Gasteiger partial charge in [-0.2, -0.15) is 0 Å². The summed E-state index contributed by atoms with van der Waals surface area (Å²) in [5.41, 5.74) is 5.27. The summed E-state index contributed by atoms with van der Waals surface area (Å²) in [7, 11) is 1.60. The Kier molecular flexibility index (Phi) is 6.94. The number of hydrogen-bond donors (Lipinski definition) is 3. The molecule has 29 heavy (non-hydrogen) atoms. The van der Waals surface area contributed by atoms with Gasteiger partial charge < -0.3 is 20.1 Å². The quantitative estimate of drug-likeness (QED) is 0.583. The molecule has 2 heterocycles. The predicted molar refractivity (Wildman–Crippen MR) is 110 cm³/mol. The lowest BCUT2D eigenvalue weighted by atomic mass is 9.99. The number of carboxylic acid groups (broad SMARTS) is 1. The number of hydrogen-bond acceptors (Lipinski definition) is 5. The van der Waals surface area contributed by atoms with Gasteiger partial charge in [0.2, 0.25) is 0 Å². The Balaban J connectivity index is 0.000000755. The number of aromatic nitrogens is 2. The zero-order valence-electron chi connectivity index (χ0n) is 16.2. The molecule has 0 radical (unpaired) electrons. The summed E-state index contributed by atoms with van der Waals surface area (Å²) in [6, 6.07) is 14.6. The average molecular weight is 396 g/mol. The Bertz CT molecular complexity index is 980. The highest BCUT2D eigenvalue weighted by atomic mass is 16.5. The monoisotopic (exact) mass is 396 g/mol. The summed E-state index contributed by atoms with van der Waals surface area (Å²) in [5.74, 6) is 0.122. The first-order valence-corrected chi connectivity index (χ1v) is 9.34. The molecule has 0 bridgehead atoms. The number of amides is 1. The van der Waals surface area contributed by atoms with E-state index >= 15 is 0 Å². The zero-order valence-corrected chi connectivity index (χ0v) is 16.2. The fourth-order valence-corrected chi connectivity index (χ4v) is 3.34. The molecule has 152 valence electrons. The molecule has 3 aromatic rings. The molecule has 0 atom stereocenters. The van der Waals surface area contributed by atoms with Gasteiger partial charge in [0.1, 0.15) is 0 Å². The van der Waals surface area contributed by atoms with Gasteiger partial charge in [-0.3, -0.25) is 14.5 Å². The lowest BCUT2D eigenvalue weighted by Crippen LogP contribution is -2.35. The number of carbonyl (C=O) groups is 2. The van der Waals surface area contributed by atoms with Gasteiger partial charge in [-0.1, -0.05) is 30.3 Å². The van der Waals surface area contributed by atoms with Crippen molar-refractivity contribution in [1.82, 2.24) is 20.2 Å². The molecule has 0 saturated carbocycles. The van der Waals surface area contributed by atoms with Gasteiger partial charge >= 0.3 is 0 Å². The first-order valence-electron chi connectivity index (χ1n) is 9.34. The fourth-order valence-electron chi connectivity index (χ4n) is 3.34. The lowest BCUT2D eigenvalue weighted by Gasteiger charge is -2.27. The Morgan fingerprint density at radius 1 is 1.28 bits per heavy atom. The molecule has 0 aliphatic carbocycles. The number of benzene rings is 2. The third-order valence-corrected chi connectivity index (χ3v) is 4.75. The molecule has 1 aromatic heterocycles. The summed E-state index contributed by atoms with van der Waals surface area (Å²) in [5, 5.41) is 9.48. The minimum Gasteiger partial charge on any atom is -0.483 e. The number of carbonyl (C=O) groups excluding carboxylic acids is 1. The maximum Gasteiger partial charge on any atom is 0.290 e. The van der Waals surface area contributed by atoms with E-state index in [0.29, 0.717) is 5.82 Å². The number of morpholine rings is 1. The van der Waals surface area contributed by atoms with E-state index in [9.17, 15) is 4.79 Å². The second kappa shape index (κ2) is 9.81. The molecule has 0 spiro atoms. The Morgan fingerprint density at radius 2 is 2.00 bits per heavy atom. The number of rotatable bonds is 4. The molecule has 4 rings (SSSR count). The molecule has 3 N–H and O–H groups in total. The lowest BCUT2D eigenvalue weighted by molar-refractivity contribution is -0.122. The minimum absolute atomic E-state index is 0.213. The van der Waals surface area contributed by atoms with Crippen LogP contribution in [0.25, 0.3) is 22.2 Å². The molecule has 1 amide bonds. The van der Waals surface area contributed by atoms with Gasteiger partial charge in [0.15, 0.2) is 5.82 Å². The van der Waals surface area contributed by atoms with E-state index in [2.05, 4.69) is 56.6 Å². The standard InChI is InChI=1S/C20H22N4O2.CH2O2/c1-21-20(25)19-22-17-7-6-14(12-18(17)23-19)16-5-3-2-4-15(16)13-24-8-10-26-11-9-24;2-1-3/h2-7,12H,8-11,13H2,1H3,(H,21,25)(H,22,23);1H,(H,2,3). The van der Waals surface area contributed by atoms with Crippen molar-refractivity contribution in [1.29, 1.82) is 0 Å². The maximum atomic E-state index is 11.8. The van der Waals surface area contributed by atoms with Gasteiger partial charge in [0, 0.05) is 26.7 Å². The zero-order chi connectivity index (χ0) is 20.6. The highest BCUT2D eigenvalue weighted by molar-refractivity contribution is 5.94. The molecule has 2 aromatic carbocycles. The van der Waals surface area contributed by atoms with Crippen LogP contribution < -0.4 is 5.32 Å². The number of nitrogens with one attached hydrogen (secondary N) is 2. The number of aromatic amines is 1. The predicted octanol–water partition coefficient (Wildman–Crippen LogP) is 2.12. The summed E-state index contributed by atoms with van der Waals surface area (Å²) >= 11 is 0. The highest BCUT2D eigenvalue weighted by Crippen LogP contribution is 2.27. The van der Waals surface area contributed by atoms with Crippen molar-refractivity contribution in [3.63, 3.8) is 0 Å². The van der Waals surface area contributed by atoms with Crippen molar-refractivity contribution in [2.45, 2.75) is 6.54 Å². The van der Waals surface area contributed by atoms with Crippen molar-refractivity contribution in [3.05, 3.63) is 53.9 Å². The van der Waals surface area contributed by atoms with E-state index in [1.54, 1.807) is 7.05 Å². The van der Waals surface area contributed by atoms with E-state index in [1.807, 2.05) is 6.07 Å². The summed E-state index contributed by atoms with van der Waals surface area (Å²) < 4.78 is 5.45. The summed E-state index contributed by atoms with van der Waals surface area (Å²) in [6.07, 6.45) is 0. The molecule has 1 aliphatic rings. The largest absolute Gasteiger partial charge is 0.483 e. The fraction of sp³-hybridized carbons (Fsp3) is 0.286. The summed E-state index contributed by atoms with van der Waals surface area (Å²) in [6.45, 7) is 4.17. The Morgan fingerprint density at radius 3 is 2.72 bits per heavy atom. The van der Waals surface area contributed by atoms with Crippen LogP contribution in [0.4, 0.5) is 0 Å². The number of nitrogens with zero attached hydrogens (tertiary/aromatic N) is 2. The van der Waals surface area contributed by atoms with Crippen molar-refractivity contribution >= 4 is 23.4 Å². The first-order chi connectivity index (χ1) is 14.2. The van der Waals surface area contributed by atoms with Crippen LogP contribution in [-0.2, 0) is 16.1 Å². The van der Waals surface area contributed by atoms with E-state index in [4.69, 9.17) is 14.6 Å². The number of ether oxygens (including phenoxy) is 1. The van der Waals surface area contributed by atoms with Crippen LogP contribution in [0, 0.1) is 0 Å². The number of imidazole rings is 1. The number of H-pyrrole nitrogens is 1. The Labute approximate surface area is 168 Å². The molecule has 1 fully saturated rings. The third kappa shape index (κ3) is 4.98. The van der Waals surface area contributed by atoms with E-state index in [-0.39, 0.29) is 12.4 Å². The Hall–Kier alpha value is -3.23. The van der Waals surface area contributed by atoms with Crippen LogP contribution in [0.15, 0.2) is 42.5 Å². The summed E-state index contributed by atoms with van der Waals surface area (Å²) in [4.78, 5) is 30.0. The third-order valence-electron chi connectivity index (χ3n) is 4.75. The van der Waals surface area contributed by atoms with E-state index < -0.39 is 0 Å². The molecule has 8 nitrogen and oxygen atoms in total. The average Bonchev–Trinajstić information content (AvgIpc) is 3.18. The smallest absolute Gasteiger partial charge is 0.290 e. The normalized spacial score (nSPS) is 14.1. The van der Waals surface area contributed by atoms with E-state index in [0.717, 1.165) is 49.4 Å². The van der Waals surface area contributed by atoms with Crippen LogP contribution in [0.3, 0.4) is 0 Å². The van der Waals surface area contributed by atoms with Crippen LogP contribution in [0.5, 0.6) is 0 Å². The van der Waals surface area contributed by atoms with Crippen molar-refractivity contribution in [2.75, 3.05) is 33.4 Å². The molecular weight excluding hydrogens is 372 g/mol. The van der Waals surface area contributed by atoms with Crippen LogP contribution >= 0.6 is 0 Å². The highest BCUT2D eigenvalue weighted by Gasteiger charge is 2.15. The molecule has 0 unspecified atom stereocenters. The van der Waals surface area contributed by atoms with Crippen molar-refractivity contribution in [2.24, 2.45) is 0 Å². The van der Waals surface area contributed by atoms with Crippen molar-refractivity contribution in [3.8, 4) is 11.1 Å². The van der Waals surface area contributed by atoms with Gasteiger partial charge in [0.05, 0.1) is 24.2 Å². The number of fused-ring (bicyclic) bond motifs is 1. The maximum absolute atomic E-state index is 11.8. The van der Waals surface area contributed by atoms with Crippen LogP contribution in [-0.4, -0.2) is 65.7 Å². The molecule has 1 saturated heterocycles. The van der Waals surface area contributed by atoms with Gasteiger partial charge in [-0.25, -0.2) is 4.98 Å². The second-order valence-corrected chi connectivity index (χ2v) is 6.55. The molecule has 8 heteroatoms. The first kappa shape index (κ1) is 20.5. The SMILES string of the molecule is CNC(=O)c1nc2ccc(-c3ccccc3CN3CCOCC3)cc2[nH]1.O=CO. The second-order valence-electron chi connectivity index (χ2n) is 6.55. The van der Waals surface area contributed by atoms with Gasteiger partial charge in [-0.15, -0.1) is 0 Å². The topological polar surface area (TPSA) is 108 Å². The van der Waals surface area contributed by atoms with Crippen LogP contribution in [0.1, 0.15) is 16.2 Å². The molecule has 1 aliphatic heterocycles. The van der Waals surface area contributed by atoms with E-state index in [1.165, 1.54) is 11.1 Å². The van der Waals surface area contributed by atoms with Crippen LogP contribution in [0.2, 0.25) is 0 Å². The van der Waals surface area contributed by atoms with Crippen molar-refractivity contribution < 1.29 is 19.4 Å². The van der Waals surface area contributed by atoms with Gasteiger partial charge in [-0.05, 0) is 28.8 Å². The molecular formula is C21H24N4O4. The minimum atomic E-state index is -0.250.